The lowest BCUT2D eigenvalue weighted by Crippen LogP contribution is -2.17. The van der Waals surface area contributed by atoms with Crippen LogP contribution in [0.3, 0.4) is 0 Å². The summed E-state index contributed by atoms with van der Waals surface area (Å²) in [6, 6.07) is 3.82. The highest BCUT2D eigenvalue weighted by Gasteiger charge is 2.12. The van der Waals surface area contributed by atoms with E-state index in [4.69, 9.17) is 10.9 Å². The summed E-state index contributed by atoms with van der Waals surface area (Å²) in [5, 5.41) is 12.3. The lowest BCUT2D eigenvalue weighted by molar-refractivity contribution is 0.318. The molecule has 0 aromatic carbocycles. The molecule has 3 N–H and O–H groups in total. The van der Waals surface area contributed by atoms with E-state index in [9.17, 15) is 0 Å². The topological polar surface area (TPSA) is 71.5 Å². The molecule has 0 spiro atoms. The fourth-order valence-corrected chi connectivity index (χ4v) is 2.31. The zero-order valence-corrected chi connectivity index (χ0v) is 11.2. The van der Waals surface area contributed by atoms with Crippen LogP contribution in [0.25, 0.3) is 0 Å². The first kappa shape index (κ1) is 13.8. The number of amidine groups is 1. The Bertz CT molecular complexity index is 393. The molecule has 1 heterocycles. The van der Waals surface area contributed by atoms with E-state index in [1.165, 1.54) is 0 Å². The lowest BCUT2D eigenvalue weighted by Gasteiger charge is -2.15. The lowest BCUT2D eigenvalue weighted by atomic mass is 10.2. The molecule has 1 atom stereocenters. The SMILES string of the molecule is CC(C)C(C)SCc1cccnc1/C(N)=N/O. The summed E-state index contributed by atoms with van der Waals surface area (Å²) >= 11 is 1.85. The van der Waals surface area contributed by atoms with Crippen molar-refractivity contribution >= 4 is 17.6 Å². The molecule has 0 aliphatic carbocycles. The third-order valence-corrected chi connectivity index (χ3v) is 4.23. The molecule has 0 radical (unpaired) electrons. The average molecular weight is 253 g/mol. The van der Waals surface area contributed by atoms with Crippen molar-refractivity contribution in [2.45, 2.75) is 31.8 Å². The van der Waals surface area contributed by atoms with Crippen molar-refractivity contribution in [1.29, 1.82) is 0 Å². The van der Waals surface area contributed by atoms with Crippen LogP contribution in [0.15, 0.2) is 23.5 Å². The van der Waals surface area contributed by atoms with Gasteiger partial charge in [-0.25, -0.2) is 0 Å². The molecule has 0 saturated carbocycles. The first-order valence-corrected chi connectivity index (χ1v) is 6.64. The highest BCUT2D eigenvalue weighted by Crippen LogP contribution is 2.24. The molecular formula is C12H19N3OS. The first-order valence-electron chi connectivity index (χ1n) is 5.59. The Kier molecular flexibility index (Phi) is 5.28. The first-order chi connectivity index (χ1) is 8.06. The van der Waals surface area contributed by atoms with E-state index >= 15 is 0 Å². The smallest absolute Gasteiger partial charge is 0.189 e. The number of nitrogens with zero attached hydrogens (tertiary/aromatic N) is 2. The van der Waals surface area contributed by atoms with E-state index in [1.807, 2.05) is 23.9 Å². The van der Waals surface area contributed by atoms with Crippen molar-refractivity contribution in [2.24, 2.45) is 16.8 Å². The van der Waals surface area contributed by atoms with Gasteiger partial charge < -0.3 is 10.9 Å². The average Bonchev–Trinajstić information content (AvgIpc) is 2.35. The van der Waals surface area contributed by atoms with Gasteiger partial charge in [0.25, 0.3) is 0 Å². The largest absolute Gasteiger partial charge is 0.409 e. The monoisotopic (exact) mass is 253 g/mol. The van der Waals surface area contributed by atoms with Gasteiger partial charge >= 0.3 is 0 Å². The van der Waals surface area contributed by atoms with Gasteiger partial charge in [-0.05, 0) is 17.5 Å². The van der Waals surface area contributed by atoms with Crippen molar-refractivity contribution < 1.29 is 5.21 Å². The second-order valence-corrected chi connectivity index (χ2v) is 5.62. The van der Waals surface area contributed by atoms with Gasteiger partial charge in [-0.15, -0.1) is 0 Å². The molecule has 0 fully saturated rings. The second kappa shape index (κ2) is 6.49. The minimum Gasteiger partial charge on any atom is -0.409 e. The second-order valence-electron chi connectivity index (χ2n) is 4.26. The van der Waals surface area contributed by atoms with Gasteiger partial charge in [-0.1, -0.05) is 32.0 Å². The summed E-state index contributed by atoms with van der Waals surface area (Å²) < 4.78 is 0. The number of oxime groups is 1. The number of rotatable bonds is 5. The molecular weight excluding hydrogens is 234 g/mol. The Labute approximate surface area is 106 Å². The molecule has 1 aromatic heterocycles. The predicted molar refractivity (Wildman–Crippen MR) is 72.3 cm³/mol. The van der Waals surface area contributed by atoms with Crippen LogP contribution in [0.2, 0.25) is 0 Å². The zero-order valence-electron chi connectivity index (χ0n) is 10.4. The van der Waals surface area contributed by atoms with E-state index in [-0.39, 0.29) is 5.84 Å². The summed E-state index contributed by atoms with van der Waals surface area (Å²) in [5.41, 5.74) is 7.16. The Hall–Kier alpha value is -1.23. The summed E-state index contributed by atoms with van der Waals surface area (Å²) in [4.78, 5) is 4.14. The van der Waals surface area contributed by atoms with Gasteiger partial charge in [-0.3, -0.25) is 4.98 Å². The van der Waals surface area contributed by atoms with Crippen LogP contribution in [-0.2, 0) is 5.75 Å². The van der Waals surface area contributed by atoms with Gasteiger partial charge in [-0.2, -0.15) is 11.8 Å². The molecule has 0 bridgehead atoms. The number of nitrogens with two attached hydrogens (primary N) is 1. The number of hydrogen-bond acceptors (Lipinski definition) is 4. The van der Waals surface area contributed by atoms with Crippen LogP contribution in [0.5, 0.6) is 0 Å². The highest BCUT2D eigenvalue weighted by atomic mass is 32.2. The maximum absolute atomic E-state index is 8.69. The quantitative estimate of drug-likeness (QED) is 0.366. The molecule has 5 heteroatoms. The highest BCUT2D eigenvalue weighted by molar-refractivity contribution is 7.99. The van der Waals surface area contributed by atoms with Crippen LogP contribution in [-0.4, -0.2) is 21.3 Å². The maximum Gasteiger partial charge on any atom is 0.189 e. The predicted octanol–water partition coefficient (Wildman–Crippen LogP) is 2.45. The van der Waals surface area contributed by atoms with Crippen molar-refractivity contribution in [3.8, 4) is 0 Å². The van der Waals surface area contributed by atoms with Crippen molar-refractivity contribution in [2.75, 3.05) is 0 Å². The zero-order chi connectivity index (χ0) is 12.8. The molecule has 94 valence electrons. The maximum atomic E-state index is 8.69. The number of thioether (sulfide) groups is 1. The fraction of sp³-hybridized carbons (Fsp3) is 0.500. The van der Waals surface area contributed by atoms with E-state index in [2.05, 4.69) is 30.9 Å². The number of hydrogen-bond donors (Lipinski definition) is 2. The third kappa shape index (κ3) is 3.93. The van der Waals surface area contributed by atoms with E-state index in [0.717, 1.165) is 11.3 Å². The van der Waals surface area contributed by atoms with Gasteiger partial charge in [0, 0.05) is 17.2 Å². The van der Waals surface area contributed by atoms with Crippen LogP contribution >= 0.6 is 11.8 Å². The fourth-order valence-electron chi connectivity index (χ4n) is 1.25. The minimum absolute atomic E-state index is 0.0680. The van der Waals surface area contributed by atoms with Gasteiger partial charge in [0.1, 0.15) is 5.69 Å². The van der Waals surface area contributed by atoms with Crippen molar-refractivity contribution in [1.82, 2.24) is 4.98 Å². The molecule has 1 rings (SSSR count). The Morgan fingerprint density at radius 3 is 2.82 bits per heavy atom. The number of pyridine rings is 1. The minimum atomic E-state index is 0.0680. The third-order valence-electron chi connectivity index (χ3n) is 2.68. The summed E-state index contributed by atoms with van der Waals surface area (Å²) in [6.07, 6.45) is 1.65. The van der Waals surface area contributed by atoms with Gasteiger partial charge in [0.15, 0.2) is 5.84 Å². The Balaban J connectivity index is 2.78. The molecule has 0 aliphatic heterocycles. The molecule has 0 aliphatic rings. The molecule has 4 nitrogen and oxygen atoms in total. The standard InChI is InChI=1S/C12H19N3OS/c1-8(2)9(3)17-7-10-5-4-6-14-11(10)12(13)15-16/h4-6,8-9,16H,7H2,1-3H3,(H2,13,15). The summed E-state index contributed by atoms with van der Waals surface area (Å²) in [7, 11) is 0. The van der Waals surface area contributed by atoms with Crippen LogP contribution in [0.1, 0.15) is 32.0 Å². The summed E-state index contributed by atoms with van der Waals surface area (Å²) in [6.45, 7) is 6.60. The summed E-state index contributed by atoms with van der Waals surface area (Å²) in [5.74, 6) is 1.51. The molecule has 1 aromatic rings. The van der Waals surface area contributed by atoms with Crippen molar-refractivity contribution in [3.05, 3.63) is 29.6 Å². The van der Waals surface area contributed by atoms with Crippen LogP contribution in [0.4, 0.5) is 0 Å². The molecule has 0 saturated heterocycles. The van der Waals surface area contributed by atoms with E-state index in [1.54, 1.807) is 6.20 Å². The molecule has 1 unspecified atom stereocenters. The van der Waals surface area contributed by atoms with Crippen LogP contribution < -0.4 is 5.73 Å². The van der Waals surface area contributed by atoms with E-state index in [0.29, 0.717) is 16.9 Å². The van der Waals surface area contributed by atoms with E-state index < -0.39 is 0 Å². The van der Waals surface area contributed by atoms with Crippen molar-refractivity contribution in [3.63, 3.8) is 0 Å². The van der Waals surface area contributed by atoms with Crippen LogP contribution in [0, 0.1) is 5.92 Å². The van der Waals surface area contributed by atoms with Gasteiger partial charge in [0.2, 0.25) is 0 Å². The Morgan fingerprint density at radius 1 is 1.53 bits per heavy atom. The Morgan fingerprint density at radius 2 is 2.24 bits per heavy atom. The number of aromatic nitrogens is 1. The molecule has 17 heavy (non-hydrogen) atoms. The van der Waals surface area contributed by atoms with Gasteiger partial charge in [0.05, 0.1) is 0 Å². The molecule has 0 amide bonds. The normalized spacial score (nSPS) is 14.0.